The number of halogens is 2. The van der Waals surface area contributed by atoms with E-state index in [0.717, 1.165) is 19.4 Å². The predicted octanol–water partition coefficient (Wildman–Crippen LogP) is 6.02. The maximum Gasteiger partial charge on any atom is 0.335 e. The molecule has 1 aliphatic rings. The zero-order valence-corrected chi connectivity index (χ0v) is 22.0. The van der Waals surface area contributed by atoms with Gasteiger partial charge in [0, 0.05) is 14.5 Å². The van der Waals surface area contributed by atoms with E-state index in [-0.39, 0.29) is 12.2 Å². The van der Waals surface area contributed by atoms with Gasteiger partial charge in [-0.15, -0.1) is 0 Å². The third-order valence-corrected chi connectivity index (χ3v) is 6.17. The number of anilines is 1. The lowest BCUT2D eigenvalue weighted by molar-refractivity contribution is -0.122. The Morgan fingerprint density at radius 2 is 1.58 bits per heavy atom. The number of barbiturate groups is 1. The summed E-state index contributed by atoms with van der Waals surface area (Å²) in [5.74, 6) is -0.509. The van der Waals surface area contributed by atoms with Crippen molar-refractivity contribution in [3.05, 3.63) is 105 Å². The first-order valence-electron chi connectivity index (χ1n) is 10.8. The Bertz CT molecular complexity index is 1350. The lowest BCUT2D eigenvalue weighted by Gasteiger charge is -2.26. The van der Waals surface area contributed by atoms with Crippen LogP contribution in [0.4, 0.5) is 10.5 Å². The van der Waals surface area contributed by atoms with Crippen LogP contribution in [-0.2, 0) is 16.2 Å². The number of rotatable bonds is 8. The van der Waals surface area contributed by atoms with Crippen molar-refractivity contribution >= 4 is 61.5 Å². The Kier molecular flexibility index (Phi) is 8.02. The Morgan fingerprint density at radius 1 is 0.889 bits per heavy atom. The van der Waals surface area contributed by atoms with Crippen LogP contribution >= 0.6 is 31.9 Å². The van der Waals surface area contributed by atoms with Gasteiger partial charge in [-0.05, 0) is 66.2 Å². The van der Waals surface area contributed by atoms with Crippen LogP contribution in [-0.4, -0.2) is 24.5 Å². The molecule has 0 aromatic heterocycles. The summed E-state index contributed by atoms with van der Waals surface area (Å²) in [6.45, 7) is 4.24. The summed E-state index contributed by atoms with van der Waals surface area (Å²) in [5.41, 5.74) is 1.58. The van der Waals surface area contributed by atoms with Crippen LogP contribution in [0.1, 0.15) is 11.1 Å². The minimum atomic E-state index is -0.831. The first kappa shape index (κ1) is 25.4. The number of carbonyl (C=O) groups is 3. The summed E-state index contributed by atoms with van der Waals surface area (Å²) in [6.07, 6.45) is 2.99. The standard InChI is InChI=1S/C27H20Br2N2O5/c1-2-13-35-24-12-7-20(29)14-18(24)15-23-25(32)30-27(34)31(26(23)33)21-8-10-22(11-9-21)36-16-17-3-5-19(28)6-4-17/h2-12,14-15H,1,13,16H2,(H,30,32,34)/b23-15+. The molecule has 0 atom stereocenters. The van der Waals surface area contributed by atoms with Gasteiger partial charge in [-0.25, -0.2) is 9.69 Å². The monoisotopic (exact) mass is 610 g/mol. The van der Waals surface area contributed by atoms with Crippen molar-refractivity contribution in [2.45, 2.75) is 6.61 Å². The lowest BCUT2D eigenvalue weighted by atomic mass is 10.1. The summed E-state index contributed by atoms with van der Waals surface area (Å²) >= 11 is 6.78. The van der Waals surface area contributed by atoms with Crippen molar-refractivity contribution in [1.82, 2.24) is 5.32 Å². The Hall–Kier alpha value is -3.69. The fourth-order valence-electron chi connectivity index (χ4n) is 3.40. The van der Waals surface area contributed by atoms with E-state index in [1.54, 1.807) is 48.5 Å². The molecule has 0 unspecified atom stereocenters. The molecule has 0 saturated carbocycles. The maximum absolute atomic E-state index is 13.3. The summed E-state index contributed by atoms with van der Waals surface area (Å²) < 4.78 is 13.1. The molecule has 36 heavy (non-hydrogen) atoms. The molecule has 0 aliphatic carbocycles. The summed E-state index contributed by atoms with van der Waals surface area (Å²) in [6, 6.07) is 18.6. The minimum absolute atomic E-state index is 0.202. The Morgan fingerprint density at radius 3 is 2.28 bits per heavy atom. The number of nitrogens with one attached hydrogen (secondary N) is 1. The van der Waals surface area contributed by atoms with Crippen molar-refractivity contribution in [2.75, 3.05) is 11.5 Å². The van der Waals surface area contributed by atoms with Gasteiger partial charge in [-0.2, -0.15) is 0 Å². The highest BCUT2D eigenvalue weighted by Crippen LogP contribution is 2.29. The summed E-state index contributed by atoms with van der Waals surface area (Å²) in [7, 11) is 0. The van der Waals surface area contributed by atoms with E-state index in [2.05, 4.69) is 43.8 Å². The van der Waals surface area contributed by atoms with E-state index in [0.29, 0.717) is 29.4 Å². The van der Waals surface area contributed by atoms with Crippen LogP contribution < -0.4 is 19.7 Å². The van der Waals surface area contributed by atoms with Gasteiger partial charge < -0.3 is 9.47 Å². The number of amides is 4. The topological polar surface area (TPSA) is 84.9 Å². The first-order chi connectivity index (χ1) is 17.4. The van der Waals surface area contributed by atoms with Crippen LogP contribution in [0.3, 0.4) is 0 Å². The normalized spacial score (nSPS) is 14.6. The van der Waals surface area contributed by atoms with Crippen molar-refractivity contribution in [3.63, 3.8) is 0 Å². The van der Waals surface area contributed by atoms with E-state index in [1.807, 2.05) is 24.3 Å². The molecule has 4 amide bonds. The Labute approximate surface area is 224 Å². The molecule has 1 saturated heterocycles. The fraction of sp³-hybridized carbons (Fsp3) is 0.0741. The highest BCUT2D eigenvalue weighted by atomic mass is 79.9. The van der Waals surface area contributed by atoms with Gasteiger partial charge in [0.25, 0.3) is 11.8 Å². The van der Waals surface area contributed by atoms with Gasteiger partial charge in [-0.3, -0.25) is 14.9 Å². The quantitative estimate of drug-likeness (QED) is 0.191. The smallest absolute Gasteiger partial charge is 0.335 e. The number of carbonyl (C=O) groups excluding carboxylic acids is 3. The maximum atomic E-state index is 13.3. The molecule has 7 nitrogen and oxygen atoms in total. The first-order valence-corrected chi connectivity index (χ1v) is 12.4. The van der Waals surface area contributed by atoms with Gasteiger partial charge in [0.2, 0.25) is 0 Å². The van der Waals surface area contributed by atoms with Crippen molar-refractivity contribution in [2.24, 2.45) is 0 Å². The zero-order chi connectivity index (χ0) is 25.7. The average Bonchev–Trinajstić information content (AvgIpc) is 2.86. The molecule has 1 fully saturated rings. The molecule has 1 heterocycles. The number of imide groups is 2. The van der Waals surface area contributed by atoms with Gasteiger partial charge >= 0.3 is 6.03 Å². The van der Waals surface area contributed by atoms with Gasteiger partial charge in [0.1, 0.15) is 30.3 Å². The van der Waals surface area contributed by atoms with Crippen LogP contribution in [0.2, 0.25) is 0 Å². The van der Waals surface area contributed by atoms with Gasteiger partial charge in [0.15, 0.2) is 0 Å². The number of ether oxygens (including phenoxy) is 2. The largest absolute Gasteiger partial charge is 0.489 e. The molecular formula is C27H20Br2N2O5. The second-order valence-electron chi connectivity index (χ2n) is 7.65. The number of hydrogen-bond acceptors (Lipinski definition) is 5. The van der Waals surface area contributed by atoms with E-state index in [1.165, 1.54) is 6.08 Å². The zero-order valence-electron chi connectivity index (χ0n) is 18.9. The molecule has 1 N–H and O–H groups in total. The molecule has 0 spiro atoms. The van der Waals surface area contributed by atoms with Gasteiger partial charge in [-0.1, -0.05) is 56.6 Å². The SMILES string of the molecule is C=CCOc1ccc(Br)cc1/C=C1\C(=O)NC(=O)N(c2ccc(OCc3ccc(Br)cc3)cc2)C1=O. The fourth-order valence-corrected chi connectivity index (χ4v) is 4.04. The van der Waals surface area contributed by atoms with E-state index < -0.39 is 17.8 Å². The molecule has 182 valence electrons. The van der Waals surface area contributed by atoms with Crippen molar-refractivity contribution < 1.29 is 23.9 Å². The molecule has 0 bridgehead atoms. The average molecular weight is 612 g/mol. The van der Waals surface area contributed by atoms with Crippen LogP contribution in [0.25, 0.3) is 6.08 Å². The molecule has 0 radical (unpaired) electrons. The minimum Gasteiger partial charge on any atom is -0.489 e. The lowest BCUT2D eigenvalue weighted by Crippen LogP contribution is -2.54. The summed E-state index contributed by atoms with van der Waals surface area (Å²) in [4.78, 5) is 39.3. The number of hydrogen-bond donors (Lipinski definition) is 1. The van der Waals surface area contributed by atoms with Gasteiger partial charge in [0.05, 0.1) is 5.69 Å². The van der Waals surface area contributed by atoms with E-state index in [4.69, 9.17) is 9.47 Å². The third kappa shape index (κ3) is 5.92. The van der Waals surface area contributed by atoms with E-state index >= 15 is 0 Å². The third-order valence-electron chi connectivity index (χ3n) is 5.14. The van der Waals surface area contributed by atoms with E-state index in [9.17, 15) is 14.4 Å². The molecular weight excluding hydrogens is 592 g/mol. The predicted molar refractivity (Wildman–Crippen MR) is 144 cm³/mol. The molecule has 3 aromatic rings. The molecule has 4 rings (SSSR count). The van der Waals surface area contributed by atoms with Crippen LogP contribution in [0.15, 0.2) is 93.9 Å². The van der Waals surface area contributed by atoms with Crippen LogP contribution in [0.5, 0.6) is 11.5 Å². The molecule has 9 heteroatoms. The second kappa shape index (κ2) is 11.4. The van der Waals surface area contributed by atoms with Crippen molar-refractivity contribution in [3.8, 4) is 11.5 Å². The highest BCUT2D eigenvalue weighted by Gasteiger charge is 2.37. The molecule has 3 aromatic carbocycles. The van der Waals surface area contributed by atoms with Crippen LogP contribution in [0, 0.1) is 0 Å². The summed E-state index contributed by atoms with van der Waals surface area (Å²) in [5, 5.41) is 2.23. The van der Waals surface area contributed by atoms with Crippen molar-refractivity contribution in [1.29, 1.82) is 0 Å². The number of urea groups is 1. The number of nitrogens with zero attached hydrogens (tertiary/aromatic N) is 1. The Balaban J connectivity index is 1.56. The number of benzene rings is 3. The second-order valence-corrected chi connectivity index (χ2v) is 9.48. The highest BCUT2D eigenvalue weighted by molar-refractivity contribution is 9.10. The molecule has 1 aliphatic heterocycles.